The van der Waals surface area contributed by atoms with Gasteiger partial charge in [-0.1, -0.05) is 6.07 Å². The number of methoxy groups -OCH3 is 1. The molecule has 19 heavy (non-hydrogen) atoms. The molecule has 1 aromatic rings. The Hall–Kier alpha value is -1.24. The molecule has 1 aromatic carbocycles. The van der Waals surface area contributed by atoms with Crippen LogP contribution < -0.4 is 4.74 Å². The molecule has 106 valence electrons. The van der Waals surface area contributed by atoms with E-state index in [0.717, 1.165) is 12.1 Å². The van der Waals surface area contributed by atoms with Crippen LogP contribution in [0.1, 0.15) is 6.42 Å². The Morgan fingerprint density at radius 1 is 1.26 bits per heavy atom. The highest BCUT2D eigenvalue weighted by molar-refractivity contribution is 5.26. The third-order valence-electron chi connectivity index (χ3n) is 3.01. The molecule has 2 rings (SSSR count). The van der Waals surface area contributed by atoms with E-state index in [-0.39, 0.29) is 13.0 Å². The molecule has 1 saturated carbocycles. The van der Waals surface area contributed by atoms with Gasteiger partial charge < -0.3 is 19.3 Å². The zero-order valence-electron chi connectivity index (χ0n) is 10.5. The fraction of sp³-hybridized carbons (Fsp3) is 0.538. The van der Waals surface area contributed by atoms with Crippen molar-refractivity contribution in [2.75, 3.05) is 20.3 Å². The van der Waals surface area contributed by atoms with E-state index in [2.05, 4.69) is 0 Å². The summed E-state index contributed by atoms with van der Waals surface area (Å²) in [4.78, 5) is 0. The van der Waals surface area contributed by atoms with Crippen LogP contribution in [0.3, 0.4) is 0 Å². The highest BCUT2D eigenvalue weighted by Gasteiger charge is 2.43. The van der Waals surface area contributed by atoms with Gasteiger partial charge in [0.15, 0.2) is 17.4 Å². The van der Waals surface area contributed by atoms with Crippen molar-refractivity contribution in [1.82, 2.24) is 0 Å². The van der Waals surface area contributed by atoms with Crippen molar-refractivity contribution in [3.8, 4) is 5.75 Å². The van der Waals surface area contributed by atoms with Gasteiger partial charge in [-0.3, -0.25) is 0 Å². The Balaban J connectivity index is 1.95. The Labute approximate surface area is 109 Å². The van der Waals surface area contributed by atoms with Crippen LogP contribution in [-0.4, -0.2) is 43.7 Å². The first-order chi connectivity index (χ1) is 9.13. The summed E-state index contributed by atoms with van der Waals surface area (Å²) >= 11 is 0. The van der Waals surface area contributed by atoms with Crippen LogP contribution in [0, 0.1) is 11.6 Å². The van der Waals surface area contributed by atoms with Crippen LogP contribution >= 0.6 is 0 Å². The third kappa shape index (κ3) is 3.20. The van der Waals surface area contributed by atoms with Crippen molar-refractivity contribution in [2.45, 2.75) is 24.7 Å². The summed E-state index contributed by atoms with van der Waals surface area (Å²) in [5.74, 6) is -1.96. The molecule has 1 aliphatic carbocycles. The Morgan fingerprint density at radius 3 is 2.53 bits per heavy atom. The zero-order valence-corrected chi connectivity index (χ0v) is 10.5. The Kier molecular flexibility index (Phi) is 4.68. The molecule has 6 heteroatoms. The summed E-state index contributed by atoms with van der Waals surface area (Å²) < 4.78 is 42.2. The van der Waals surface area contributed by atoms with E-state index in [1.165, 1.54) is 13.2 Å². The minimum atomic E-state index is -0.767. The zero-order chi connectivity index (χ0) is 13.8. The molecule has 1 fully saturated rings. The van der Waals surface area contributed by atoms with Crippen molar-refractivity contribution in [1.29, 1.82) is 0 Å². The molecule has 4 nitrogen and oxygen atoms in total. The second-order valence-electron chi connectivity index (χ2n) is 4.34. The van der Waals surface area contributed by atoms with Crippen LogP contribution in [0.5, 0.6) is 5.75 Å². The molecule has 0 aromatic heterocycles. The number of hydrogen-bond donors (Lipinski definition) is 1. The van der Waals surface area contributed by atoms with Crippen LogP contribution in [0.2, 0.25) is 0 Å². The first kappa shape index (κ1) is 14.2. The van der Waals surface area contributed by atoms with Gasteiger partial charge in [-0.05, 0) is 12.1 Å². The maximum Gasteiger partial charge on any atom is 0.191 e. The van der Waals surface area contributed by atoms with Gasteiger partial charge in [0, 0.05) is 13.5 Å². The van der Waals surface area contributed by atoms with Crippen molar-refractivity contribution >= 4 is 0 Å². The van der Waals surface area contributed by atoms with E-state index >= 15 is 0 Å². The first-order valence-electron chi connectivity index (χ1n) is 6.02. The maximum absolute atomic E-state index is 13.4. The summed E-state index contributed by atoms with van der Waals surface area (Å²) in [5, 5.41) is 9.56. The highest BCUT2D eigenvalue weighted by atomic mass is 19.1. The van der Waals surface area contributed by atoms with Crippen molar-refractivity contribution in [3.63, 3.8) is 0 Å². The van der Waals surface area contributed by atoms with Gasteiger partial charge in [0.2, 0.25) is 0 Å². The lowest BCUT2D eigenvalue weighted by Gasteiger charge is -2.40. The van der Waals surface area contributed by atoms with Gasteiger partial charge >= 0.3 is 0 Å². The molecule has 1 N–H and O–H groups in total. The lowest BCUT2D eigenvalue weighted by atomic mass is 9.88. The van der Waals surface area contributed by atoms with Crippen LogP contribution in [0.4, 0.5) is 8.78 Å². The summed E-state index contributed by atoms with van der Waals surface area (Å²) in [7, 11) is 1.53. The normalized spacial score (nSPS) is 26.0. The SMILES string of the molecule is COCCOC1C(O)CC1Oc1c(F)cccc1F. The van der Waals surface area contributed by atoms with E-state index < -0.39 is 35.7 Å². The van der Waals surface area contributed by atoms with Gasteiger partial charge in [0.25, 0.3) is 0 Å². The first-order valence-corrected chi connectivity index (χ1v) is 6.02. The molecule has 0 bridgehead atoms. The van der Waals surface area contributed by atoms with Gasteiger partial charge in [-0.2, -0.15) is 0 Å². The molecular formula is C13H16F2O4. The standard InChI is InChI=1S/C13H16F2O4/c1-17-5-6-18-13-10(16)7-11(13)19-12-8(14)3-2-4-9(12)15/h2-4,10-11,13,16H,5-7H2,1H3. The summed E-state index contributed by atoms with van der Waals surface area (Å²) in [5.41, 5.74) is 0. The van der Waals surface area contributed by atoms with E-state index in [1.54, 1.807) is 0 Å². The molecule has 3 unspecified atom stereocenters. The molecule has 0 radical (unpaired) electrons. The fourth-order valence-corrected chi connectivity index (χ4v) is 1.91. The number of rotatable bonds is 6. The number of aliphatic hydroxyl groups excluding tert-OH is 1. The minimum Gasteiger partial charge on any atom is -0.481 e. The number of ether oxygens (including phenoxy) is 3. The van der Waals surface area contributed by atoms with Gasteiger partial charge in [-0.15, -0.1) is 0 Å². The van der Waals surface area contributed by atoms with E-state index in [4.69, 9.17) is 14.2 Å². The third-order valence-corrected chi connectivity index (χ3v) is 3.01. The lowest BCUT2D eigenvalue weighted by molar-refractivity contribution is -0.168. The number of benzene rings is 1. The van der Waals surface area contributed by atoms with E-state index in [1.807, 2.05) is 0 Å². The molecular weight excluding hydrogens is 258 g/mol. The average Bonchev–Trinajstić information content (AvgIpc) is 2.37. The Morgan fingerprint density at radius 2 is 1.95 bits per heavy atom. The predicted molar refractivity (Wildman–Crippen MR) is 63.0 cm³/mol. The molecule has 0 aliphatic heterocycles. The van der Waals surface area contributed by atoms with Gasteiger partial charge in [0.1, 0.15) is 12.2 Å². The van der Waals surface area contributed by atoms with Crippen LogP contribution in [0.15, 0.2) is 18.2 Å². The van der Waals surface area contributed by atoms with Crippen molar-refractivity contribution < 1.29 is 28.1 Å². The highest BCUT2D eigenvalue weighted by Crippen LogP contribution is 2.31. The second kappa shape index (κ2) is 6.27. The van der Waals surface area contributed by atoms with Crippen molar-refractivity contribution in [2.24, 2.45) is 0 Å². The predicted octanol–water partition coefficient (Wildman–Crippen LogP) is 1.51. The number of para-hydroxylation sites is 1. The maximum atomic E-state index is 13.4. The largest absolute Gasteiger partial charge is 0.481 e. The minimum absolute atomic E-state index is 0.283. The second-order valence-corrected chi connectivity index (χ2v) is 4.34. The smallest absolute Gasteiger partial charge is 0.191 e. The lowest BCUT2D eigenvalue weighted by Crippen LogP contribution is -2.55. The summed E-state index contributed by atoms with van der Waals surface area (Å²) in [6, 6.07) is 3.50. The molecule has 1 aliphatic rings. The number of hydrogen-bond acceptors (Lipinski definition) is 4. The number of aliphatic hydroxyl groups is 1. The summed E-state index contributed by atoms with van der Waals surface area (Å²) in [6.45, 7) is 0.668. The number of halogens is 2. The average molecular weight is 274 g/mol. The quantitative estimate of drug-likeness (QED) is 0.799. The monoisotopic (exact) mass is 274 g/mol. The van der Waals surface area contributed by atoms with E-state index in [9.17, 15) is 13.9 Å². The molecule has 0 spiro atoms. The summed E-state index contributed by atoms with van der Waals surface area (Å²) in [6.07, 6.45) is -1.55. The van der Waals surface area contributed by atoms with Crippen LogP contribution in [-0.2, 0) is 9.47 Å². The van der Waals surface area contributed by atoms with Gasteiger partial charge in [0.05, 0.1) is 19.3 Å². The Bertz CT molecular complexity index is 407. The molecule has 0 amide bonds. The van der Waals surface area contributed by atoms with E-state index in [0.29, 0.717) is 6.61 Å². The topological polar surface area (TPSA) is 47.9 Å². The van der Waals surface area contributed by atoms with Gasteiger partial charge in [-0.25, -0.2) is 8.78 Å². The van der Waals surface area contributed by atoms with Crippen LogP contribution in [0.25, 0.3) is 0 Å². The molecule has 0 saturated heterocycles. The molecule has 0 heterocycles. The fourth-order valence-electron chi connectivity index (χ4n) is 1.91. The molecule has 3 atom stereocenters. The van der Waals surface area contributed by atoms with Crippen molar-refractivity contribution in [3.05, 3.63) is 29.8 Å².